The van der Waals surface area contributed by atoms with E-state index in [-0.39, 0.29) is 6.10 Å². The summed E-state index contributed by atoms with van der Waals surface area (Å²) in [7, 11) is 0. The Balaban J connectivity index is 1.46. The monoisotopic (exact) mass is 371 g/mol. The highest BCUT2D eigenvalue weighted by Crippen LogP contribution is 2.14. The average molecular weight is 372 g/mol. The molecule has 2 rings (SSSR count). The van der Waals surface area contributed by atoms with E-state index in [1.807, 2.05) is 0 Å². The highest BCUT2D eigenvalue weighted by molar-refractivity contribution is 5.79. The van der Waals surface area contributed by atoms with Gasteiger partial charge in [-0.3, -0.25) is 4.99 Å². The lowest BCUT2D eigenvalue weighted by Crippen LogP contribution is -2.38. The van der Waals surface area contributed by atoms with Crippen molar-refractivity contribution in [1.29, 1.82) is 0 Å². The highest BCUT2D eigenvalue weighted by Gasteiger charge is 2.15. The summed E-state index contributed by atoms with van der Waals surface area (Å²) in [5, 5.41) is 6.64. The predicted molar refractivity (Wildman–Crippen MR) is 103 cm³/mol. The van der Waals surface area contributed by atoms with Gasteiger partial charge in [0.05, 0.1) is 12.7 Å². The Morgan fingerprint density at radius 1 is 1.04 bits per heavy atom. The molecule has 2 heterocycles. The number of ether oxygens (including phenoxy) is 4. The van der Waals surface area contributed by atoms with Crippen molar-refractivity contribution < 1.29 is 18.9 Å². The molecule has 2 aliphatic rings. The Hall–Kier alpha value is -0.890. The molecule has 2 fully saturated rings. The van der Waals surface area contributed by atoms with Crippen molar-refractivity contribution >= 4 is 5.96 Å². The van der Waals surface area contributed by atoms with Gasteiger partial charge in [0, 0.05) is 59.3 Å². The Kier molecular flexibility index (Phi) is 11.7. The van der Waals surface area contributed by atoms with Crippen LogP contribution in [-0.2, 0) is 18.9 Å². The molecule has 0 radical (unpaired) electrons. The highest BCUT2D eigenvalue weighted by atomic mass is 16.5. The average Bonchev–Trinajstić information content (AvgIpc) is 3.18. The Morgan fingerprint density at radius 2 is 1.88 bits per heavy atom. The smallest absolute Gasteiger partial charge is 0.191 e. The molecule has 2 aliphatic heterocycles. The van der Waals surface area contributed by atoms with E-state index in [1.165, 1.54) is 0 Å². The summed E-state index contributed by atoms with van der Waals surface area (Å²) in [6.07, 6.45) is 5.49. The molecule has 2 saturated heterocycles. The molecule has 7 heteroatoms. The van der Waals surface area contributed by atoms with Crippen LogP contribution in [0.3, 0.4) is 0 Å². The van der Waals surface area contributed by atoms with E-state index in [9.17, 15) is 0 Å². The van der Waals surface area contributed by atoms with E-state index >= 15 is 0 Å². The molecule has 2 N–H and O–H groups in total. The standard InChI is InChI=1S/C19H37N3O4/c1-2-20-19(22-9-4-11-26-18-7-14-25-16-18)21-8-3-10-24-15-17-5-12-23-13-6-17/h17-18H,2-16H2,1H3,(H2,20,21,22). The zero-order valence-electron chi connectivity index (χ0n) is 16.3. The van der Waals surface area contributed by atoms with Crippen molar-refractivity contribution in [2.24, 2.45) is 10.9 Å². The Morgan fingerprint density at radius 3 is 2.65 bits per heavy atom. The maximum Gasteiger partial charge on any atom is 0.191 e. The number of hydrogen-bond donors (Lipinski definition) is 2. The quantitative estimate of drug-likeness (QED) is 0.308. The largest absolute Gasteiger partial charge is 0.381 e. The first kappa shape index (κ1) is 21.4. The molecule has 0 aromatic carbocycles. The molecule has 1 atom stereocenters. The summed E-state index contributed by atoms with van der Waals surface area (Å²) < 4.78 is 22.2. The normalized spacial score (nSPS) is 21.9. The van der Waals surface area contributed by atoms with Gasteiger partial charge in [0.2, 0.25) is 0 Å². The minimum absolute atomic E-state index is 0.290. The summed E-state index contributed by atoms with van der Waals surface area (Å²) in [6, 6.07) is 0. The molecule has 0 saturated carbocycles. The van der Waals surface area contributed by atoms with E-state index < -0.39 is 0 Å². The van der Waals surface area contributed by atoms with Crippen LogP contribution in [-0.4, -0.2) is 77.9 Å². The van der Waals surface area contributed by atoms with Gasteiger partial charge in [-0.1, -0.05) is 0 Å². The third-order valence-electron chi connectivity index (χ3n) is 4.61. The van der Waals surface area contributed by atoms with Gasteiger partial charge < -0.3 is 29.6 Å². The van der Waals surface area contributed by atoms with Crippen LogP contribution in [0.1, 0.15) is 39.0 Å². The number of hydrogen-bond acceptors (Lipinski definition) is 5. The second-order valence-electron chi connectivity index (χ2n) is 6.88. The van der Waals surface area contributed by atoms with Crippen LogP contribution >= 0.6 is 0 Å². The number of guanidine groups is 1. The summed E-state index contributed by atoms with van der Waals surface area (Å²) >= 11 is 0. The summed E-state index contributed by atoms with van der Waals surface area (Å²) in [5.74, 6) is 1.55. The van der Waals surface area contributed by atoms with Crippen LogP contribution in [0, 0.1) is 5.92 Å². The molecule has 7 nitrogen and oxygen atoms in total. The minimum Gasteiger partial charge on any atom is -0.381 e. The van der Waals surface area contributed by atoms with Gasteiger partial charge in [0.25, 0.3) is 0 Å². The first-order valence-electron chi connectivity index (χ1n) is 10.3. The van der Waals surface area contributed by atoms with Gasteiger partial charge in [-0.2, -0.15) is 0 Å². The van der Waals surface area contributed by atoms with Crippen LogP contribution < -0.4 is 10.6 Å². The van der Waals surface area contributed by atoms with Gasteiger partial charge in [-0.25, -0.2) is 0 Å². The fraction of sp³-hybridized carbons (Fsp3) is 0.947. The molecule has 0 bridgehead atoms. The molecule has 0 aliphatic carbocycles. The Labute approximate surface area is 158 Å². The molecule has 0 spiro atoms. The van der Waals surface area contributed by atoms with E-state index in [0.29, 0.717) is 5.92 Å². The van der Waals surface area contributed by atoms with Crippen molar-refractivity contribution in [3.8, 4) is 0 Å². The van der Waals surface area contributed by atoms with Crippen LogP contribution in [0.25, 0.3) is 0 Å². The van der Waals surface area contributed by atoms with E-state index in [4.69, 9.17) is 18.9 Å². The van der Waals surface area contributed by atoms with Crippen LogP contribution in [0.2, 0.25) is 0 Å². The topological polar surface area (TPSA) is 73.3 Å². The van der Waals surface area contributed by atoms with Crippen LogP contribution in [0.15, 0.2) is 4.99 Å². The lowest BCUT2D eigenvalue weighted by Gasteiger charge is -2.21. The zero-order chi connectivity index (χ0) is 18.3. The molecular weight excluding hydrogens is 334 g/mol. The molecule has 26 heavy (non-hydrogen) atoms. The van der Waals surface area contributed by atoms with Crippen LogP contribution in [0.5, 0.6) is 0 Å². The lowest BCUT2D eigenvalue weighted by molar-refractivity contribution is 0.0205. The van der Waals surface area contributed by atoms with Crippen molar-refractivity contribution in [3.63, 3.8) is 0 Å². The summed E-state index contributed by atoms with van der Waals surface area (Å²) in [6.45, 7) is 10.3. The number of nitrogens with zero attached hydrogens (tertiary/aromatic N) is 1. The first-order chi connectivity index (χ1) is 12.9. The number of nitrogens with one attached hydrogen (secondary N) is 2. The SMILES string of the molecule is CCNC(=NCCCOCC1CCOCC1)NCCCOC1CCOC1. The molecule has 152 valence electrons. The summed E-state index contributed by atoms with van der Waals surface area (Å²) in [5.41, 5.74) is 0. The zero-order valence-corrected chi connectivity index (χ0v) is 16.3. The van der Waals surface area contributed by atoms with Gasteiger partial charge >= 0.3 is 0 Å². The number of aliphatic imine (C=N–C) groups is 1. The fourth-order valence-electron chi connectivity index (χ4n) is 3.04. The first-order valence-corrected chi connectivity index (χ1v) is 10.3. The second kappa shape index (κ2) is 14.2. The van der Waals surface area contributed by atoms with Gasteiger partial charge in [0.1, 0.15) is 0 Å². The third kappa shape index (κ3) is 9.71. The molecular formula is C19H37N3O4. The van der Waals surface area contributed by atoms with Crippen molar-refractivity contribution in [3.05, 3.63) is 0 Å². The molecule has 1 unspecified atom stereocenters. The maximum absolute atomic E-state index is 5.78. The number of rotatable bonds is 12. The molecule has 0 aromatic heterocycles. The van der Waals surface area contributed by atoms with E-state index in [0.717, 1.165) is 104 Å². The second-order valence-corrected chi connectivity index (χ2v) is 6.88. The molecule has 0 amide bonds. The summed E-state index contributed by atoms with van der Waals surface area (Å²) in [4.78, 5) is 4.61. The van der Waals surface area contributed by atoms with Crippen LogP contribution in [0.4, 0.5) is 0 Å². The van der Waals surface area contributed by atoms with Crippen molar-refractivity contribution in [2.45, 2.75) is 45.1 Å². The van der Waals surface area contributed by atoms with Crippen molar-refractivity contribution in [1.82, 2.24) is 10.6 Å². The predicted octanol–water partition coefficient (Wildman–Crippen LogP) is 1.57. The van der Waals surface area contributed by atoms with Gasteiger partial charge in [-0.05, 0) is 44.9 Å². The Bertz CT molecular complexity index is 370. The molecule has 0 aromatic rings. The van der Waals surface area contributed by atoms with Gasteiger partial charge in [-0.15, -0.1) is 0 Å². The maximum atomic E-state index is 5.78. The van der Waals surface area contributed by atoms with Crippen molar-refractivity contribution in [2.75, 3.05) is 65.9 Å². The third-order valence-corrected chi connectivity index (χ3v) is 4.61. The fourth-order valence-corrected chi connectivity index (χ4v) is 3.04. The van der Waals surface area contributed by atoms with E-state index in [1.54, 1.807) is 0 Å². The minimum atomic E-state index is 0.290. The van der Waals surface area contributed by atoms with Gasteiger partial charge in [0.15, 0.2) is 5.96 Å². The lowest BCUT2D eigenvalue weighted by atomic mass is 10.0. The van der Waals surface area contributed by atoms with E-state index in [2.05, 4.69) is 22.5 Å².